The number of para-hydroxylation sites is 1. The van der Waals surface area contributed by atoms with Crippen LogP contribution in [0.4, 0.5) is 0 Å². The van der Waals surface area contributed by atoms with Gasteiger partial charge in [0.15, 0.2) is 0 Å². The van der Waals surface area contributed by atoms with Crippen molar-refractivity contribution in [2.45, 2.75) is 6.92 Å². The van der Waals surface area contributed by atoms with Gasteiger partial charge < -0.3 is 19.4 Å². The second-order valence-corrected chi connectivity index (χ2v) is 2.83. The Morgan fingerprint density at radius 2 is 2.07 bits per heavy atom. The molecule has 15 heavy (non-hydrogen) atoms. The highest BCUT2D eigenvalue weighted by Crippen LogP contribution is 2.16. The molecule has 0 unspecified atom stereocenters. The second-order valence-electron chi connectivity index (χ2n) is 2.83. The summed E-state index contributed by atoms with van der Waals surface area (Å²) in [7, 11) is 0. The fraction of sp³-hybridized carbons (Fsp3) is 0.364. The molecule has 0 amide bonds. The maximum Gasteiger partial charge on any atom is 0.128 e. The zero-order valence-electron chi connectivity index (χ0n) is 8.56. The minimum atomic E-state index is -1.23. The number of rotatable bonds is 6. The van der Waals surface area contributed by atoms with E-state index in [2.05, 4.69) is 0 Å². The van der Waals surface area contributed by atoms with E-state index in [0.717, 1.165) is 0 Å². The van der Waals surface area contributed by atoms with Crippen molar-refractivity contribution in [2.75, 3.05) is 19.8 Å². The van der Waals surface area contributed by atoms with Gasteiger partial charge in [-0.1, -0.05) is 12.1 Å². The number of benzene rings is 1. The van der Waals surface area contributed by atoms with Crippen molar-refractivity contribution in [3.63, 3.8) is 0 Å². The number of ether oxygens (including phenoxy) is 2. The molecule has 1 aromatic carbocycles. The first-order valence-corrected chi connectivity index (χ1v) is 4.76. The summed E-state index contributed by atoms with van der Waals surface area (Å²) in [6, 6.07) is 6.38. The molecular weight excluding hydrogens is 196 g/mol. The molecule has 0 radical (unpaired) electrons. The van der Waals surface area contributed by atoms with Gasteiger partial charge in [0, 0.05) is 12.2 Å². The highest BCUT2D eigenvalue weighted by molar-refractivity contribution is 5.89. The van der Waals surface area contributed by atoms with Gasteiger partial charge in [0.1, 0.15) is 12.4 Å². The van der Waals surface area contributed by atoms with E-state index in [-0.39, 0.29) is 5.56 Å². The van der Waals surface area contributed by atoms with Crippen LogP contribution in [0.2, 0.25) is 0 Å². The van der Waals surface area contributed by atoms with E-state index in [1.165, 1.54) is 6.07 Å². The molecule has 0 aliphatic carbocycles. The van der Waals surface area contributed by atoms with Gasteiger partial charge in [0.05, 0.1) is 12.6 Å². The SMILES string of the molecule is CCOCCOc1ccccc1C(=O)[O-]. The van der Waals surface area contributed by atoms with Crippen molar-refractivity contribution in [3.05, 3.63) is 29.8 Å². The molecule has 0 spiro atoms. The minimum Gasteiger partial charge on any atom is -0.545 e. The molecule has 0 saturated heterocycles. The summed E-state index contributed by atoms with van der Waals surface area (Å²) in [6.07, 6.45) is 0. The Balaban J connectivity index is 2.56. The number of hydrogen-bond acceptors (Lipinski definition) is 4. The number of aromatic carboxylic acids is 1. The lowest BCUT2D eigenvalue weighted by atomic mass is 10.2. The van der Waals surface area contributed by atoms with Crippen LogP contribution in [0.15, 0.2) is 24.3 Å². The molecule has 0 fully saturated rings. The van der Waals surface area contributed by atoms with E-state index in [1.807, 2.05) is 6.92 Å². The molecule has 0 heterocycles. The molecule has 0 bridgehead atoms. The predicted molar refractivity (Wildman–Crippen MR) is 52.8 cm³/mol. The minimum absolute atomic E-state index is 0.0639. The molecule has 0 saturated carbocycles. The van der Waals surface area contributed by atoms with Crippen LogP contribution in [0.5, 0.6) is 5.75 Å². The number of carboxylic acids is 1. The quantitative estimate of drug-likeness (QED) is 0.639. The van der Waals surface area contributed by atoms with Crippen molar-refractivity contribution in [3.8, 4) is 5.75 Å². The fourth-order valence-electron chi connectivity index (χ4n) is 1.12. The Labute approximate surface area is 88.4 Å². The first kappa shape index (κ1) is 11.5. The summed E-state index contributed by atoms with van der Waals surface area (Å²) in [5.41, 5.74) is 0.0639. The Hall–Kier alpha value is -1.55. The zero-order chi connectivity index (χ0) is 11.1. The van der Waals surface area contributed by atoms with Crippen LogP contribution in [0.1, 0.15) is 17.3 Å². The highest BCUT2D eigenvalue weighted by Gasteiger charge is 2.02. The molecule has 0 aliphatic rings. The number of hydrogen-bond donors (Lipinski definition) is 0. The van der Waals surface area contributed by atoms with E-state index < -0.39 is 5.97 Å². The van der Waals surface area contributed by atoms with Crippen LogP contribution in [-0.2, 0) is 4.74 Å². The monoisotopic (exact) mass is 209 g/mol. The third kappa shape index (κ3) is 3.59. The van der Waals surface area contributed by atoms with Crippen molar-refractivity contribution in [2.24, 2.45) is 0 Å². The first-order chi connectivity index (χ1) is 7.25. The van der Waals surface area contributed by atoms with Crippen LogP contribution in [0, 0.1) is 0 Å². The number of carbonyl (C=O) groups is 1. The zero-order valence-corrected chi connectivity index (χ0v) is 8.56. The lowest BCUT2D eigenvalue weighted by Crippen LogP contribution is -2.23. The summed E-state index contributed by atoms with van der Waals surface area (Å²) < 4.78 is 10.3. The maximum absolute atomic E-state index is 10.7. The molecule has 1 rings (SSSR count). The van der Waals surface area contributed by atoms with Crippen LogP contribution in [0.25, 0.3) is 0 Å². The van der Waals surface area contributed by atoms with Crippen LogP contribution >= 0.6 is 0 Å². The average Bonchev–Trinajstić information content (AvgIpc) is 2.25. The highest BCUT2D eigenvalue weighted by atomic mass is 16.5. The first-order valence-electron chi connectivity index (χ1n) is 4.76. The number of carboxylic acid groups (broad SMARTS) is 1. The van der Waals surface area contributed by atoms with Crippen molar-refractivity contribution in [1.82, 2.24) is 0 Å². The number of carbonyl (C=O) groups excluding carboxylic acids is 1. The maximum atomic E-state index is 10.7. The topological polar surface area (TPSA) is 58.6 Å². The Morgan fingerprint density at radius 1 is 1.33 bits per heavy atom. The summed E-state index contributed by atoms with van der Waals surface area (Å²) >= 11 is 0. The van der Waals surface area contributed by atoms with Crippen LogP contribution in [0.3, 0.4) is 0 Å². The van der Waals surface area contributed by atoms with E-state index in [9.17, 15) is 9.90 Å². The molecule has 0 aliphatic heterocycles. The van der Waals surface area contributed by atoms with E-state index in [1.54, 1.807) is 18.2 Å². The molecule has 1 aromatic rings. The summed E-state index contributed by atoms with van der Waals surface area (Å²) in [5.74, 6) is -0.917. The van der Waals surface area contributed by atoms with E-state index >= 15 is 0 Å². The lowest BCUT2D eigenvalue weighted by Gasteiger charge is -2.11. The van der Waals surface area contributed by atoms with Crippen molar-refractivity contribution in [1.29, 1.82) is 0 Å². The Kier molecular flexibility index (Phi) is 4.63. The van der Waals surface area contributed by atoms with Gasteiger partial charge in [-0.05, 0) is 19.1 Å². The predicted octanol–water partition coefficient (Wildman–Crippen LogP) is 0.465. The van der Waals surface area contributed by atoms with Gasteiger partial charge in [-0.15, -0.1) is 0 Å². The van der Waals surface area contributed by atoms with Gasteiger partial charge in [-0.25, -0.2) is 0 Å². The fourth-order valence-corrected chi connectivity index (χ4v) is 1.12. The van der Waals surface area contributed by atoms with Gasteiger partial charge >= 0.3 is 0 Å². The molecule has 4 heteroatoms. The molecule has 0 atom stereocenters. The average molecular weight is 209 g/mol. The summed E-state index contributed by atoms with van der Waals surface area (Å²) in [6.45, 7) is 3.27. The molecule has 0 N–H and O–H groups in total. The third-order valence-corrected chi connectivity index (χ3v) is 1.80. The van der Waals surface area contributed by atoms with Gasteiger partial charge in [0.2, 0.25) is 0 Å². The summed E-state index contributed by atoms with van der Waals surface area (Å²) in [5, 5.41) is 10.7. The van der Waals surface area contributed by atoms with Crippen LogP contribution < -0.4 is 9.84 Å². The Morgan fingerprint density at radius 3 is 2.73 bits per heavy atom. The molecule has 0 aromatic heterocycles. The van der Waals surface area contributed by atoms with Gasteiger partial charge in [-0.3, -0.25) is 0 Å². The largest absolute Gasteiger partial charge is 0.545 e. The smallest absolute Gasteiger partial charge is 0.128 e. The van der Waals surface area contributed by atoms with E-state index in [4.69, 9.17) is 9.47 Å². The van der Waals surface area contributed by atoms with E-state index in [0.29, 0.717) is 25.6 Å². The third-order valence-electron chi connectivity index (χ3n) is 1.80. The second kappa shape index (κ2) is 6.03. The standard InChI is InChI=1S/C11H14O4/c1-2-14-7-8-15-10-6-4-3-5-9(10)11(12)13/h3-6H,2,7-8H2,1H3,(H,12,13)/p-1. The van der Waals surface area contributed by atoms with Crippen LogP contribution in [-0.4, -0.2) is 25.8 Å². The van der Waals surface area contributed by atoms with Crippen molar-refractivity contribution < 1.29 is 19.4 Å². The summed E-state index contributed by atoms with van der Waals surface area (Å²) in [4.78, 5) is 10.7. The molecule has 4 nitrogen and oxygen atoms in total. The molecule has 82 valence electrons. The Bertz CT molecular complexity index is 322. The van der Waals surface area contributed by atoms with Crippen molar-refractivity contribution >= 4 is 5.97 Å². The lowest BCUT2D eigenvalue weighted by molar-refractivity contribution is -0.255. The van der Waals surface area contributed by atoms with Gasteiger partial charge in [0.25, 0.3) is 0 Å². The van der Waals surface area contributed by atoms with Gasteiger partial charge in [-0.2, -0.15) is 0 Å². The normalized spacial score (nSPS) is 9.93. The molecular formula is C11H13O4-.